The molecule has 0 amide bonds. The Morgan fingerprint density at radius 3 is 2.38 bits per heavy atom. The summed E-state index contributed by atoms with van der Waals surface area (Å²) < 4.78 is 38.4. The third-order valence-corrected chi connectivity index (χ3v) is 2.46. The molecule has 0 aliphatic rings. The first kappa shape index (κ1) is 12.9. The van der Waals surface area contributed by atoms with Crippen LogP contribution in [0.1, 0.15) is 26.7 Å². The summed E-state index contributed by atoms with van der Waals surface area (Å²) >= 11 is 0. The lowest BCUT2D eigenvalue weighted by Crippen LogP contribution is -2.20. The molecule has 1 heterocycles. The van der Waals surface area contributed by atoms with Crippen LogP contribution in [0.2, 0.25) is 0 Å². The molecule has 0 aromatic carbocycles. The normalized spacial score (nSPS) is 13.0. The summed E-state index contributed by atoms with van der Waals surface area (Å²) in [6, 6.07) is 0. The van der Waals surface area contributed by atoms with Gasteiger partial charge in [-0.2, -0.15) is 13.1 Å². The number of aryl methyl sites for hydroxylation is 1. The summed E-state index contributed by atoms with van der Waals surface area (Å²) in [5, 5.41) is 3.79. The highest BCUT2D eigenvalue weighted by Crippen LogP contribution is 2.17. The summed E-state index contributed by atoms with van der Waals surface area (Å²) in [4.78, 5) is 11.2. The molecule has 16 heavy (non-hydrogen) atoms. The Balaban J connectivity index is 2.92. The average molecular weight is 252 g/mol. The molecule has 1 aromatic heterocycles. The molecule has 0 aliphatic carbocycles. The zero-order valence-electron chi connectivity index (χ0n) is 9.23. The van der Waals surface area contributed by atoms with Gasteiger partial charge in [-0.25, -0.2) is 4.79 Å². The molecule has 0 N–H and O–H groups in total. The lowest BCUT2D eigenvalue weighted by Gasteiger charge is -2.10. The largest absolute Gasteiger partial charge is 0.437 e. The van der Waals surface area contributed by atoms with Crippen molar-refractivity contribution in [1.29, 1.82) is 0 Å². The third kappa shape index (κ3) is 3.44. The standard InChI is InChI=1S/C8H13FN2O4S/c1-8(2,3)6-10-11(7(12)15-6)4-5-16(9,13)14/h4-5H2,1-3H3. The van der Waals surface area contributed by atoms with Crippen LogP contribution in [0.25, 0.3) is 0 Å². The molecule has 1 aromatic rings. The lowest BCUT2D eigenvalue weighted by atomic mass is 9.97. The molecule has 0 unspecified atom stereocenters. The van der Waals surface area contributed by atoms with Gasteiger partial charge in [-0.1, -0.05) is 20.8 Å². The highest BCUT2D eigenvalue weighted by molar-refractivity contribution is 7.86. The fraction of sp³-hybridized carbons (Fsp3) is 0.750. The van der Waals surface area contributed by atoms with E-state index in [1.54, 1.807) is 20.8 Å². The quantitative estimate of drug-likeness (QED) is 0.729. The summed E-state index contributed by atoms with van der Waals surface area (Å²) in [5.74, 6) is -1.38. The molecule has 0 saturated carbocycles. The smallest absolute Gasteiger partial charge is 0.392 e. The first-order valence-corrected chi connectivity index (χ1v) is 6.15. The Morgan fingerprint density at radius 2 is 2.00 bits per heavy atom. The number of hydrogen-bond acceptors (Lipinski definition) is 5. The van der Waals surface area contributed by atoms with E-state index in [1.807, 2.05) is 0 Å². The highest BCUT2D eigenvalue weighted by atomic mass is 32.3. The molecule has 0 aliphatic heterocycles. The molecule has 0 fully saturated rings. The van der Waals surface area contributed by atoms with Crippen molar-refractivity contribution in [2.45, 2.75) is 32.7 Å². The van der Waals surface area contributed by atoms with E-state index in [9.17, 15) is 17.1 Å². The Bertz CT molecular complexity index is 523. The first-order chi connectivity index (χ1) is 7.09. The lowest BCUT2D eigenvalue weighted by molar-refractivity contribution is 0.374. The van der Waals surface area contributed by atoms with Crippen LogP contribution in [0.4, 0.5) is 3.89 Å². The predicted molar refractivity (Wildman–Crippen MR) is 54.4 cm³/mol. The molecule has 6 nitrogen and oxygen atoms in total. The Kier molecular flexibility index (Phi) is 3.22. The zero-order valence-corrected chi connectivity index (χ0v) is 10.0. The summed E-state index contributed by atoms with van der Waals surface area (Å²) in [7, 11) is -4.61. The topological polar surface area (TPSA) is 82.2 Å². The Morgan fingerprint density at radius 1 is 1.44 bits per heavy atom. The number of nitrogens with zero attached hydrogens (tertiary/aromatic N) is 2. The van der Waals surface area contributed by atoms with Gasteiger partial charge in [0.05, 0.1) is 12.3 Å². The minimum Gasteiger partial charge on any atom is -0.392 e. The molecule has 0 bridgehead atoms. The van der Waals surface area contributed by atoms with Gasteiger partial charge in [-0.05, 0) is 0 Å². The van der Waals surface area contributed by atoms with Crippen LogP contribution in [0, 0.1) is 0 Å². The monoisotopic (exact) mass is 252 g/mol. The van der Waals surface area contributed by atoms with E-state index in [0.717, 1.165) is 4.68 Å². The Labute approximate surface area is 92.3 Å². The van der Waals surface area contributed by atoms with Gasteiger partial charge in [-0.15, -0.1) is 8.98 Å². The summed E-state index contributed by atoms with van der Waals surface area (Å²) in [6.07, 6.45) is 0. The van der Waals surface area contributed by atoms with Gasteiger partial charge in [-0.3, -0.25) is 0 Å². The fourth-order valence-electron chi connectivity index (χ4n) is 0.946. The van der Waals surface area contributed by atoms with E-state index in [1.165, 1.54) is 0 Å². The highest BCUT2D eigenvalue weighted by Gasteiger charge is 2.22. The maximum atomic E-state index is 12.2. The maximum absolute atomic E-state index is 12.2. The number of halogens is 1. The minimum atomic E-state index is -4.61. The van der Waals surface area contributed by atoms with Crippen molar-refractivity contribution in [3.05, 3.63) is 16.4 Å². The fourth-order valence-corrected chi connectivity index (χ4v) is 1.34. The van der Waals surface area contributed by atoms with E-state index in [-0.39, 0.29) is 12.4 Å². The average Bonchev–Trinajstić information content (AvgIpc) is 2.41. The van der Waals surface area contributed by atoms with Gasteiger partial charge in [0.25, 0.3) is 0 Å². The molecule has 0 atom stereocenters. The van der Waals surface area contributed by atoms with Gasteiger partial charge >= 0.3 is 16.0 Å². The number of hydrogen-bond donors (Lipinski definition) is 0. The Hall–Kier alpha value is -1.18. The SMILES string of the molecule is CC(C)(C)c1nn(CCS(=O)(=O)F)c(=O)o1. The second-order valence-electron chi connectivity index (χ2n) is 4.39. The van der Waals surface area contributed by atoms with Crippen LogP contribution in [-0.4, -0.2) is 24.0 Å². The van der Waals surface area contributed by atoms with E-state index in [0.29, 0.717) is 0 Å². The minimum absolute atomic E-state index is 0.189. The van der Waals surface area contributed by atoms with Crippen molar-refractivity contribution in [3.8, 4) is 0 Å². The van der Waals surface area contributed by atoms with E-state index in [4.69, 9.17) is 4.42 Å². The summed E-state index contributed by atoms with van der Waals surface area (Å²) in [6.45, 7) is 5.01. The van der Waals surface area contributed by atoms with Crippen LogP contribution < -0.4 is 5.76 Å². The molecule has 0 radical (unpaired) electrons. The van der Waals surface area contributed by atoms with Crippen LogP contribution in [-0.2, 0) is 22.2 Å². The van der Waals surface area contributed by atoms with Crippen molar-refractivity contribution >= 4 is 10.2 Å². The van der Waals surface area contributed by atoms with Gasteiger partial charge in [0.2, 0.25) is 5.89 Å². The molecule has 1 rings (SSSR count). The molecule has 0 spiro atoms. The van der Waals surface area contributed by atoms with Gasteiger partial charge < -0.3 is 4.42 Å². The van der Waals surface area contributed by atoms with Crippen molar-refractivity contribution in [1.82, 2.24) is 9.78 Å². The molecular weight excluding hydrogens is 239 g/mol. The van der Waals surface area contributed by atoms with Crippen molar-refractivity contribution in [2.75, 3.05) is 5.75 Å². The zero-order chi connectivity index (χ0) is 12.6. The van der Waals surface area contributed by atoms with Crippen molar-refractivity contribution in [3.63, 3.8) is 0 Å². The van der Waals surface area contributed by atoms with E-state index < -0.39 is 27.1 Å². The van der Waals surface area contributed by atoms with Gasteiger partial charge in [0.1, 0.15) is 0 Å². The molecule has 92 valence electrons. The van der Waals surface area contributed by atoms with Crippen molar-refractivity contribution in [2.24, 2.45) is 0 Å². The van der Waals surface area contributed by atoms with Gasteiger partial charge in [0, 0.05) is 5.41 Å². The molecule has 0 saturated heterocycles. The summed E-state index contributed by atoms with van der Waals surface area (Å²) in [5.41, 5.74) is -0.459. The van der Waals surface area contributed by atoms with E-state index >= 15 is 0 Å². The van der Waals surface area contributed by atoms with Crippen LogP contribution >= 0.6 is 0 Å². The van der Waals surface area contributed by atoms with Crippen LogP contribution in [0.5, 0.6) is 0 Å². The van der Waals surface area contributed by atoms with Crippen LogP contribution in [0.15, 0.2) is 9.21 Å². The van der Waals surface area contributed by atoms with Crippen molar-refractivity contribution < 1.29 is 16.7 Å². The molecular formula is C8H13FN2O4S. The second-order valence-corrected chi connectivity index (χ2v) is 5.88. The first-order valence-electron chi connectivity index (χ1n) is 4.60. The molecule has 8 heteroatoms. The predicted octanol–water partition coefficient (Wildman–Crippen LogP) is 0.433. The maximum Gasteiger partial charge on any atom is 0.437 e. The third-order valence-electron chi connectivity index (χ3n) is 1.79. The van der Waals surface area contributed by atoms with Crippen LogP contribution in [0.3, 0.4) is 0 Å². The van der Waals surface area contributed by atoms with E-state index in [2.05, 4.69) is 5.10 Å². The number of aromatic nitrogens is 2. The number of rotatable bonds is 3. The second kappa shape index (κ2) is 4.00. The van der Waals surface area contributed by atoms with Gasteiger partial charge in [0.15, 0.2) is 0 Å².